The summed E-state index contributed by atoms with van der Waals surface area (Å²) < 4.78 is 0.916. The number of nitrogens with two attached hydrogens (primary N) is 1. The number of aliphatic hydroxyl groups is 1. The average molecular weight is 289 g/mol. The van der Waals surface area contributed by atoms with Gasteiger partial charge in [0.2, 0.25) is 0 Å². The van der Waals surface area contributed by atoms with Crippen molar-refractivity contribution in [2.45, 2.75) is 11.3 Å². The van der Waals surface area contributed by atoms with E-state index in [0.29, 0.717) is 0 Å². The Balaban J connectivity index is 2.81. The van der Waals surface area contributed by atoms with Crippen LogP contribution in [0.2, 0.25) is 0 Å². The SMILES string of the molecule is N=C(N)c1cc(Br)ccc1SCCCO. The van der Waals surface area contributed by atoms with Crippen LogP contribution < -0.4 is 5.73 Å². The minimum Gasteiger partial charge on any atom is -0.396 e. The van der Waals surface area contributed by atoms with E-state index >= 15 is 0 Å². The van der Waals surface area contributed by atoms with Gasteiger partial charge < -0.3 is 10.8 Å². The zero-order valence-corrected chi connectivity index (χ0v) is 10.6. The van der Waals surface area contributed by atoms with Gasteiger partial charge in [0, 0.05) is 27.3 Å². The van der Waals surface area contributed by atoms with Crippen molar-refractivity contribution >= 4 is 33.5 Å². The molecule has 5 heteroatoms. The Morgan fingerprint density at radius 1 is 1.53 bits per heavy atom. The van der Waals surface area contributed by atoms with E-state index in [1.165, 1.54) is 0 Å². The first kappa shape index (κ1) is 12.5. The van der Waals surface area contributed by atoms with Crippen LogP contribution in [-0.2, 0) is 0 Å². The van der Waals surface area contributed by atoms with Crippen molar-refractivity contribution in [3.05, 3.63) is 28.2 Å². The number of aliphatic hydroxyl groups excluding tert-OH is 1. The number of thioether (sulfide) groups is 1. The third-order valence-electron chi connectivity index (χ3n) is 1.79. The van der Waals surface area contributed by atoms with Crippen LogP contribution in [0.15, 0.2) is 27.6 Å². The van der Waals surface area contributed by atoms with Gasteiger partial charge in [-0.3, -0.25) is 5.41 Å². The molecule has 1 rings (SSSR count). The van der Waals surface area contributed by atoms with Gasteiger partial charge in [-0.15, -0.1) is 11.8 Å². The fraction of sp³-hybridized carbons (Fsp3) is 0.300. The summed E-state index contributed by atoms with van der Waals surface area (Å²) in [5.74, 6) is 0.904. The summed E-state index contributed by atoms with van der Waals surface area (Å²) in [6.07, 6.45) is 0.748. The number of halogens is 1. The quantitative estimate of drug-likeness (QED) is 0.337. The van der Waals surface area contributed by atoms with E-state index < -0.39 is 0 Å². The number of hydrogen-bond acceptors (Lipinski definition) is 3. The first-order valence-corrected chi connectivity index (χ1v) is 6.30. The van der Waals surface area contributed by atoms with Gasteiger partial charge in [-0.1, -0.05) is 15.9 Å². The summed E-state index contributed by atoms with van der Waals surface area (Å²) in [4.78, 5) is 0.985. The summed E-state index contributed by atoms with van der Waals surface area (Å²) >= 11 is 4.95. The first-order chi connectivity index (χ1) is 7.15. The van der Waals surface area contributed by atoms with Crippen LogP contribution in [0.25, 0.3) is 0 Å². The van der Waals surface area contributed by atoms with Crippen LogP contribution in [0.5, 0.6) is 0 Å². The number of hydrogen-bond donors (Lipinski definition) is 3. The van der Waals surface area contributed by atoms with Crippen molar-refractivity contribution in [1.29, 1.82) is 5.41 Å². The van der Waals surface area contributed by atoms with Gasteiger partial charge in [0.25, 0.3) is 0 Å². The molecule has 0 aromatic heterocycles. The molecule has 0 bridgehead atoms. The minimum atomic E-state index is 0.0720. The minimum absolute atomic E-state index is 0.0720. The Hall–Kier alpha value is -0.520. The van der Waals surface area contributed by atoms with E-state index in [2.05, 4.69) is 15.9 Å². The van der Waals surface area contributed by atoms with Crippen molar-refractivity contribution in [1.82, 2.24) is 0 Å². The molecule has 0 fully saturated rings. The van der Waals surface area contributed by atoms with Crippen LogP contribution in [0.1, 0.15) is 12.0 Å². The zero-order chi connectivity index (χ0) is 11.3. The molecule has 0 aliphatic rings. The van der Waals surface area contributed by atoms with E-state index in [4.69, 9.17) is 16.2 Å². The predicted molar refractivity (Wildman–Crippen MR) is 67.6 cm³/mol. The average Bonchev–Trinajstić information content (AvgIpc) is 2.20. The molecule has 0 radical (unpaired) electrons. The Bertz CT molecular complexity index is 357. The van der Waals surface area contributed by atoms with E-state index in [1.54, 1.807) is 11.8 Å². The highest BCUT2D eigenvalue weighted by Gasteiger charge is 2.06. The highest BCUT2D eigenvalue weighted by atomic mass is 79.9. The lowest BCUT2D eigenvalue weighted by Gasteiger charge is -2.07. The number of benzene rings is 1. The first-order valence-electron chi connectivity index (χ1n) is 4.52. The van der Waals surface area contributed by atoms with Crippen molar-refractivity contribution in [3.63, 3.8) is 0 Å². The molecule has 0 aliphatic carbocycles. The number of rotatable bonds is 5. The molecule has 0 aliphatic heterocycles. The van der Waals surface area contributed by atoms with E-state index in [1.807, 2.05) is 18.2 Å². The van der Waals surface area contributed by atoms with Crippen molar-refractivity contribution < 1.29 is 5.11 Å². The van der Waals surface area contributed by atoms with Crippen LogP contribution >= 0.6 is 27.7 Å². The molecule has 0 saturated heterocycles. The highest BCUT2D eigenvalue weighted by molar-refractivity contribution is 9.10. The van der Waals surface area contributed by atoms with Gasteiger partial charge in [0.15, 0.2) is 0 Å². The second kappa shape index (κ2) is 6.15. The standard InChI is InChI=1S/C10H13BrN2OS/c11-7-2-3-9(15-5-1-4-14)8(6-7)10(12)13/h2-3,6,14H,1,4-5H2,(H3,12,13). The van der Waals surface area contributed by atoms with Gasteiger partial charge in [-0.25, -0.2) is 0 Å². The highest BCUT2D eigenvalue weighted by Crippen LogP contribution is 2.26. The van der Waals surface area contributed by atoms with Gasteiger partial charge >= 0.3 is 0 Å². The molecule has 0 unspecified atom stereocenters. The maximum atomic E-state index is 8.68. The predicted octanol–water partition coefficient (Wildman–Crippen LogP) is 2.21. The molecule has 0 spiro atoms. The van der Waals surface area contributed by atoms with E-state index in [-0.39, 0.29) is 12.4 Å². The molecule has 0 atom stereocenters. The lowest BCUT2D eigenvalue weighted by atomic mass is 10.2. The molecule has 0 amide bonds. The van der Waals surface area contributed by atoms with Crippen LogP contribution in [0.4, 0.5) is 0 Å². The van der Waals surface area contributed by atoms with Crippen LogP contribution in [-0.4, -0.2) is 23.3 Å². The zero-order valence-electron chi connectivity index (χ0n) is 8.16. The van der Waals surface area contributed by atoms with E-state index in [9.17, 15) is 0 Å². The largest absolute Gasteiger partial charge is 0.396 e. The monoisotopic (exact) mass is 288 g/mol. The molecule has 15 heavy (non-hydrogen) atoms. The summed E-state index contributed by atoms with van der Waals surface area (Å²) in [5.41, 5.74) is 6.23. The Morgan fingerprint density at radius 3 is 2.87 bits per heavy atom. The number of nitrogens with one attached hydrogen (secondary N) is 1. The molecular weight excluding hydrogens is 276 g/mol. The maximum Gasteiger partial charge on any atom is 0.123 e. The van der Waals surface area contributed by atoms with Crippen LogP contribution in [0.3, 0.4) is 0 Å². The molecule has 1 aromatic carbocycles. The third-order valence-corrected chi connectivity index (χ3v) is 3.44. The smallest absolute Gasteiger partial charge is 0.123 e. The lowest BCUT2D eigenvalue weighted by Crippen LogP contribution is -2.12. The second-order valence-electron chi connectivity index (χ2n) is 2.98. The number of amidine groups is 1. The van der Waals surface area contributed by atoms with Crippen LogP contribution in [0, 0.1) is 5.41 Å². The Kier molecular flexibility index (Phi) is 5.14. The Labute approximate surface area is 102 Å². The maximum absolute atomic E-state index is 8.68. The molecule has 0 heterocycles. The van der Waals surface area contributed by atoms with Crippen molar-refractivity contribution in [2.24, 2.45) is 5.73 Å². The molecule has 82 valence electrons. The third kappa shape index (κ3) is 3.85. The van der Waals surface area contributed by atoms with E-state index in [0.717, 1.165) is 27.1 Å². The molecular formula is C10H13BrN2OS. The fourth-order valence-electron chi connectivity index (χ4n) is 1.09. The summed E-state index contributed by atoms with van der Waals surface area (Å²) in [6.45, 7) is 0.193. The van der Waals surface area contributed by atoms with Crippen molar-refractivity contribution in [2.75, 3.05) is 12.4 Å². The topological polar surface area (TPSA) is 70.1 Å². The lowest BCUT2D eigenvalue weighted by molar-refractivity contribution is 0.296. The number of nitrogen functional groups attached to an aromatic ring is 1. The summed E-state index contributed by atoms with van der Waals surface area (Å²) in [5, 5.41) is 16.1. The Morgan fingerprint density at radius 2 is 2.27 bits per heavy atom. The van der Waals surface area contributed by atoms with Gasteiger partial charge in [-0.05, 0) is 24.6 Å². The van der Waals surface area contributed by atoms with Crippen molar-refractivity contribution in [3.8, 4) is 0 Å². The molecule has 3 nitrogen and oxygen atoms in total. The molecule has 0 saturated carbocycles. The fourth-order valence-corrected chi connectivity index (χ4v) is 2.43. The van der Waals surface area contributed by atoms with Gasteiger partial charge in [0.1, 0.15) is 5.84 Å². The van der Waals surface area contributed by atoms with Gasteiger partial charge in [0.05, 0.1) is 0 Å². The summed E-state index contributed by atoms with van der Waals surface area (Å²) in [7, 11) is 0. The van der Waals surface area contributed by atoms with Gasteiger partial charge in [-0.2, -0.15) is 0 Å². The molecule has 1 aromatic rings. The molecule has 4 N–H and O–H groups in total. The second-order valence-corrected chi connectivity index (χ2v) is 5.03. The summed E-state index contributed by atoms with van der Waals surface area (Å²) in [6, 6.07) is 5.69. The normalized spacial score (nSPS) is 10.3.